The topological polar surface area (TPSA) is 67.2 Å². The zero-order valence-electron chi connectivity index (χ0n) is 12.0. The van der Waals surface area contributed by atoms with Crippen LogP contribution in [0.1, 0.15) is 6.42 Å². The normalized spacial score (nSPS) is 17.8. The third-order valence-electron chi connectivity index (χ3n) is 3.66. The number of carbonyl (C=O) groups is 2. The van der Waals surface area contributed by atoms with Gasteiger partial charge in [-0.25, -0.2) is 4.68 Å². The fourth-order valence-electron chi connectivity index (χ4n) is 2.48. The number of carbonyl (C=O) groups excluding carboxylic acids is 2. The molecule has 0 saturated carbocycles. The van der Waals surface area contributed by atoms with Gasteiger partial charge in [0.05, 0.1) is 17.8 Å². The van der Waals surface area contributed by atoms with Gasteiger partial charge in [-0.1, -0.05) is 17.7 Å². The molecule has 0 aliphatic carbocycles. The molecule has 0 radical (unpaired) electrons. The van der Waals surface area contributed by atoms with Crippen molar-refractivity contribution in [2.24, 2.45) is 5.92 Å². The maximum Gasteiger partial charge on any atom is 0.230 e. The van der Waals surface area contributed by atoms with Crippen LogP contribution >= 0.6 is 11.6 Å². The van der Waals surface area contributed by atoms with E-state index in [1.165, 1.54) is 0 Å². The summed E-state index contributed by atoms with van der Waals surface area (Å²) < 4.78 is 1.60. The molecular formula is C15H15ClN4O2. The van der Waals surface area contributed by atoms with E-state index in [4.69, 9.17) is 11.6 Å². The van der Waals surface area contributed by atoms with Gasteiger partial charge in [0, 0.05) is 31.1 Å². The number of amides is 2. The lowest BCUT2D eigenvalue weighted by Crippen LogP contribution is -2.26. The van der Waals surface area contributed by atoms with E-state index in [2.05, 4.69) is 10.4 Å². The van der Waals surface area contributed by atoms with Crippen molar-refractivity contribution in [3.05, 3.63) is 41.6 Å². The van der Waals surface area contributed by atoms with E-state index in [1.54, 1.807) is 41.0 Å². The number of rotatable bonds is 3. The first kappa shape index (κ1) is 14.6. The van der Waals surface area contributed by atoms with Crippen LogP contribution in [0.25, 0.3) is 5.69 Å². The van der Waals surface area contributed by atoms with Crippen LogP contribution in [0, 0.1) is 5.92 Å². The molecule has 1 aliphatic heterocycles. The second-order valence-corrected chi connectivity index (χ2v) is 5.71. The molecule has 114 valence electrons. The summed E-state index contributed by atoms with van der Waals surface area (Å²) in [5, 5.41) is 7.63. The Hall–Kier alpha value is -2.34. The summed E-state index contributed by atoms with van der Waals surface area (Å²) in [4.78, 5) is 25.4. The molecule has 1 unspecified atom stereocenters. The average molecular weight is 319 g/mol. The van der Waals surface area contributed by atoms with Crippen LogP contribution in [0.5, 0.6) is 0 Å². The molecule has 0 bridgehead atoms. The van der Waals surface area contributed by atoms with Crippen molar-refractivity contribution < 1.29 is 9.59 Å². The zero-order valence-corrected chi connectivity index (χ0v) is 12.7. The molecule has 1 aliphatic rings. The van der Waals surface area contributed by atoms with Gasteiger partial charge in [-0.3, -0.25) is 9.59 Å². The minimum Gasteiger partial charge on any atom is -0.345 e. The van der Waals surface area contributed by atoms with E-state index in [0.717, 1.165) is 5.69 Å². The van der Waals surface area contributed by atoms with Crippen LogP contribution in [0.15, 0.2) is 36.5 Å². The highest BCUT2D eigenvalue weighted by Gasteiger charge is 2.32. The number of anilines is 1. The Kier molecular flexibility index (Phi) is 3.85. The standard InChI is InChI=1S/C15H15ClN4O2/c1-19-9-10(7-14(19)21)15(22)18-13-5-6-17-20(13)12-4-2-3-11(16)8-12/h2-6,8,10H,7,9H2,1H3,(H,18,22). The first-order chi connectivity index (χ1) is 10.5. The van der Waals surface area contributed by atoms with Gasteiger partial charge >= 0.3 is 0 Å². The van der Waals surface area contributed by atoms with Crippen molar-refractivity contribution in [3.63, 3.8) is 0 Å². The van der Waals surface area contributed by atoms with Gasteiger partial charge in [-0.2, -0.15) is 5.10 Å². The SMILES string of the molecule is CN1CC(C(=O)Nc2ccnn2-c2cccc(Cl)c2)CC1=O. The van der Waals surface area contributed by atoms with E-state index in [9.17, 15) is 9.59 Å². The number of hydrogen-bond donors (Lipinski definition) is 1. The number of halogens is 1. The molecule has 0 spiro atoms. The molecule has 6 nitrogen and oxygen atoms in total. The summed E-state index contributed by atoms with van der Waals surface area (Å²) in [5.74, 6) is 0.0273. The lowest BCUT2D eigenvalue weighted by atomic mass is 10.1. The maximum atomic E-state index is 12.3. The number of hydrogen-bond acceptors (Lipinski definition) is 3. The molecule has 2 heterocycles. The third kappa shape index (κ3) is 2.82. The van der Waals surface area contributed by atoms with E-state index in [1.807, 2.05) is 12.1 Å². The molecule has 2 amide bonds. The molecular weight excluding hydrogens is 304 g/mol. The zero-order chi connectivity index (χ0) is 15.7. The fraction of sp³-hybridized carbons (Fsp3) is 0.267. The van der Waals surface area contributed by atoms with E-state index in [0.29, 0.717) is 17.4 Å². The summed E-state index contributed by atoms with van der Waals surface area (Å²) >= 11 is 5.98. The van der Waals surface area contributed by atoms with Crippen molar-refractivity contribution in [1.29, 1.82) is 0 Å². The third-order valence-corrected chi connectivity index (χ3v) is 3.89. The van der Waals surface area contributed by atoms with Gasteiger partial charge in [0.15, 0.2) is 0 Å². The molecule has 2 aromatic rings. The minimum atomic E-state index is -0.333. The highest BCUT2D eigenvalue weighted by Crippen LogP contribution is 2.21. The highest BCUT2D eigenvalue weighted by atomic mass is 35.5. The predicted octanol–water partition coefficient (Wildman–Crippen LogP) is 1.94. The molecule has 3 rings (SSSR count). The molecule has 1 N–H and O–H groups in total. The van der Waals surface area contributed by atoms with Crippen LogP contribution in [0.4, 0.5) is 5.82 Å². The summed E-state index contributed by atoms with van der Waals surface area (Å²) in [6.45, 7) is 0.440. The van der Waals surface area contributed by atoms with Gasteiger partial charge in [0.25, 0.3) is 0 Å². The molecule has 22 heavy (non-hydrogen) atoms. The minimum absolute atomic E-state index is 0.0106. The van der Waals surface area contributed by atoms with Crippen molar-refractivity contribution >= 4 is 29.2 Å². The second kappa shape index (κ2) is 5.81. The van der Waals surface area contributed by atoms with Crippen LogP contribution in [0.3, 0.4) is 0 Å². The largest absolute Gasteiger partial charge is 0.345 e. The molecule has 1 aromatic carbocycles. The second-order valence-electron chi connectivity index (χ2n) is 5.27. The molecule has 1 atom stereocenters. The van der Waals surface area contributed by atoms with Crippen LogP contribution in [-0.4, -0.2) is 40.1 Å². The predicted molar refractivity (Wildman–Crippen MR) is 82.9 cm³/mol. The first-order valence-corrected chi connectivity index (χ1v) is 7.27. The van der Waals surface area contributed by atoms with Crippen LogP contribution in [-0.2, 0) is 9.59 Å². The van der Waals surface area contributed by atoms with Gasteiger partial charge in [0.2, 0.25) is 11.8 Å². The Bertz CT molecular complexity index is 728. The van der Waals surface area contributed by atoms with Crippen molar-refractivity contribution in [1.82, 2.24) is 14.7 Å². The van der Waals surface area contributed by atoms with Crippen molar-refractivity contribution in [2.45, 2.75) is 6.42 Å². The fourth-order valence-corrected chi connectivity index (χ4v) is 2.66. The Morgan fingerprint density at radius 2 is 2.23 bits per heavy atom. The Morgan fingerprint density at radius 3 is 2.91 bits per heavy atom. The number of benzene rings is 1. The van der Waals surface area contributed by atoms with Gasteiger partial charge in [-0.15, -0.1) is 0 Å². The van der Waals surface area contributed by atoms with Crippen molar-refractivity contribution in [2.75, 3.05) is 18.9 Å². The summed E-state index contributed by atoms with van der Waals surface area (Å²) in [6.07, 6.45) is 1.84. The van der Waals surface area contributed by atoms with Crippen molar-refractivity contribution in [3.8, 4) is 5.69 Å². The van der Waals surface area contributed by atoms with Gasteiger partial charge in [0.1, 0.15) is 5.82 Å². The molecule has 7 heteroatoms. The monoisotopic (exact) mass is 318 g/mol. The number of nitrogens with zero attached hydrogens (tertiary/aromatic N) is 3. The van der Waals surface area contributed by atoms with Crippen LogP contribution in [0.2, 0.25) is 5.02 Å². The molecule has 1 fully saturated rings. The van der Waals surface area contributed by atoms with Gasteiger partial charge in [-0.05, 0) is 18.2 Å². The summed E-state index contributed by atoms with van der Waals surface area (Å²) in [5.41, 5.74) is 0.757. The van der Waals surface area contributed by atoms with Crippen LogP contribution < -0.4 is 5.32 Å². The average Bonchev–Trinajstić information content (AvgIpc) is 3.06. The van der Waals surface area contributed by atoms with E-state index in [-0.39, 0.29) is 24.2 Å². The summed E-state index contributed by atoms with van der Waals surface area (Å²) in [6, 6.07) is 8.90. The number of aromatic nitrogens is 2. The lowest BCUT2D eigenvalue weighted by Gasteiger charge is -2.12. The van der Waals surface area contributed by atoms with E-state index < -0.39 is 0 Å². The lowest BCUT2D eigenvalue weighted by molar-refractivity contribution is -0.127. The Morgan fingerprint density at radius 1 is 1.41 bits per heavy atom. The number of likely N-dealkylation sites (tertiary alicyclic amines) is 1. The maximum absolute atomic E-state index is 12.3. The first-order valence-electron chi connectivity index (χ1n) is 6.89. The summed E-state index contributed by atoms with van der Waals surface area (Å²) in [7, 11) is 1.70. The van der Waals surface area contributed by atoms with E-state index >= 15 is 0 Å². The Balaban J connectivity index is 1.78. The van der Waals surface area contributed by atoms with Gasteiger partial charge < -0.3 is 10.2 Å². The smallest absolute Gasteiger partial charge is 0.230 e. The quantitative estimate of drug-likeness (QED) is 0.940. The molecule has 1 aromatic heterocycles. The highest BCUT2D eigenvalue weighted by molar-refractivity contribution is 6.30. The number of nitrogens with one attached hydrogen (secondary N) is 1. The Labute approximate surface area is 132 Å². The molecule has 1 saturated heterocycles.